The molecule has 3 aromatic carbocycles. The Labute approximate surface area is 288 Å². The van der Waals surface area contributed by atoms with Gasteiger partial charge in [-0.1, -0.05) is 39.2 Å². The summed E-state index contributed by atoms with van der Waals surface area (Å²) in [5.41, 5.74) is -0.489. The number of aliphatic imine (C=N–C) groups is 2. The SMILES string of the molecule is Cc1ccc(CCCC(F)(F)P)c(N2C(=O)CS/C2=N\C(=O)Nc2ccc(C3=NC(N(C)C(=O)c4ccc(OC(F)(F)F)cc4)=C3)cc2F)c1. The lowest BCUT2D eigenvalue weighted by Gasteiger charge is -2.23. The fraction of sp³-hybridized carbons (Fsp3) is 0.242. The fourth-order valence-electron chi connectivity index (χ4n) is 4.96. The van der Waals surface area contributed by atoms with Gasteiger partial charge >= 0.3 is 12.4 Å². The predicted octanol–water partition coefficient (Wildman–Crippen LogP) is 7.91. The highest BCUT2D eigenvalue weighted by Gasteiger charge is 2.33. The molecule has 3 aromatic rings. The van der Waals surface area contributed by atoms with Gasteiger partial charge in [0.2, 0.25) is 5.91 Å². The van der Waals surface area contributed by atoms with Crippen LogP contribution >= 0.6 is 21.0 Å². The van der Waals surface area contributed by atoms with Gasteiger partial charge in [-0.15, -0.1) is 13.2 Å². The van der Waals surface area contributed by atoms with Gasteiger partial charge in [-0.25, -0.2) is 23.0 Å². The molecule has 0 aliphatic carbocycles. The van der Waals surface area contributed by atoms with E-state index in [1.807, 2.05) is 0 Å². The van der Waals surface area contributed by atoms with Gasteiger partial charge in [-0.05, 0) is 73.4 Å². The maximum Gasteiger partial charge on any atom is 0.573 e. The van der Waals surface area contributed by atoms with Gasteiger partial charge in [0.1, 0.15) is 17.4 Å². The molecule has 0 spiro atoms. The molecular formula is C33H28F6N5O4PS. The molecule has 4 amide bonds. The highest BCUT2D eigenvalue weighted by atomic mass is 32.2. The number of allylic oxidation sites excluding steroid dienone is 1. The van der Waals surface area contributed by atoms with E-state index in [0.717, 1.165) is 35.5 Å². The zero-order valence-corrected chi connectivity index (χ0v) is 28.3. The van der Waals surface area contributed by atoms with Crippen molar-refractivity contribution in [1.82, 2.24) is 4.90 Å². The van der Waals surface area contributed by atoms with Crippen molar-refractivity contribution < 1.29 is 45.5 Å². The van der Waals surface area contributed by atoms with Crippen LogP contribution in [-0.2, 0) is 11.2 Å². The number of alkyl halides is 5. The summed E-state index contributed by atoms with van der Waals surface area (Å²) in [6.45, 7) is 1.81. The van der Waals surface area contributed by atoms with E-state index < -0.39 is 35.5 Å². The molecule has 2 aliphatic heterocycles. The van der Waals surface area contributed by atoms with Crippen molar-refractivity contribution in [3.05, 3.63) is 101 Å². The number of hydrogen-bond acceptors (Lipinski definition) is 6. The second-order valence-electron chi connectivity index (χ2n) is 11.2. The lowest BCUT2D eigenvalue weighted by molar-refractivity contribution is -0.274. The van der Waals surface area contributed by atoms with Gasteiger partial charge in [0.25, 0.3) is 11.6 Å². The third kappa shape index (κ3) is 9.10. The van der Waals surface area contributed by atoms with E-state index in [4.69, 9.17) is 0 Å². The van der Waals surface area contributed by atoms with Crippen LogP contribution in [0, 0.1) is 12.7 Å². The number of anilines is 2. The van der Waals surface area contributed by atoms with Crippen LogP contribution in [-0.4, -0.2) is 58.5 Å². The molecule has 17 heteroatoms. The summed E-state index contributed by atoms with van der Waals surface area (Å²) in [5.74, 6) is -1.98. The summed E-state index contributed by atoms with van der Waals surface area (Å²) in [7, 11) is 2.92. The minimum atomic E-state index is -4.87. The topological polar surface area (TPSA) is 104 Å². The Morgan fingerprint density at radius 2 is 1.78 bits per heavy atom. The van der Waals surface area contributed by atoms with E-state index in [1.165, 1.54) is 56.4 Å². The molecule has 50 heavy (non-hydrogen) atoms. The molecule has 5 rings (SSSR count). The maximum absolute atomic E-state index is 15.1. The average molecular weight is 736 g/mol. The molecule has 0 aromatic heterocycles. The van der Waals surface area contributed by atoms with Crippen LogP contribution in [0.5, 0.6) is 5.75 Å². The zero-order chi connectivity index (χ0) is 36.4. The highest BCUT2D eigenvalue weighted by molar-refractivity contribution is 8.15. The van der Waals surface area contributed by atoms with Crippen molar-refractivity contribution in [1.29, 1.82) is 0 Å². The summed E-state index contributed by atoms with van der Waals surface area (Å²) in [5, 5.41) is 2.42. The molecule has 1 atom stereocenters. The Morgan fingerprint density at radius 1 is 1.08 bits per heavy atom. The van der Waals surface area contributed by atoms with Crippen LogP contribution in [0.15, 0.2) is 82.5 Å². The zero-order valence-electron chi connectivity index (χ0n) is 26.4. The number of amidine groups is 1. The summed E-state index contributed by atoms with van der Waals surface area (Å²) >= 11 is 1.01. The summed E-state index contributed by atoms with van der Waals surface area (Å²) in [4.78, 5) is 49.2. The maximum atomic E-state index is 15.1. The largest absolute Gasteiger partial charge is 0.573 e. The second kappa shape index (κ2) is 14.7. The fourth-order valence-corrected chi connectivity index (χ4v) is 6.02. The monoisotopic (exact) mass is 735 g/mol. The number of hydrogen-bond donors (Lipinski definition) is 1. The van der Waals surface area contributed by atoms with E-state index in [9.17, 15) is 36.3 Å². The number of thioether (sulfide) groups is 1. The Balaban J connectivity index is 1.23. The highest BCUT2D eigenvalue weighted by Crippen LogP contribution is 2.34. The van der Waals surface area contributed by atoms with Gasteiger partial charge in [0.05, 0.1) is 22.8 Å². The van der Waals surface area contributed by atoms with Crippen LogP contribution in [0.25, 0.3) is 0 Å². The standard InChI is InChI=1S/C33H28F6N5O4PS/c1-18-5-6-19(4-3-13-32(35,36)49)26(14-18)44-28(45)17-50-31(44)42-30(47)41-24-12-9-21(15-23(24)34)25-16-27(40-25)43(2)29(46)20-7-10-22(11-8-20)48-33(37,38)39/h5-12,14-16H,3-4,13,17,49H2,1-2H3,(H,41,47)/b42-31-. The molecule has 9 nitrogen and oxygen atoms in total. The van der Waals surface area contributed by atoms with Crippen LogP contribution in [0.4, 0.5) is 42.5 Å². The normalized spacial score (nSPS) is 15.4. The molecular weight excluding hydrogens is 707 g/mol. The van der Waals surface area contributed by atoms with Gasteiger partial charge in [0.15, 0.2) is 5.17 Å². The number of nitrogens with zero attached hydrogens (tertiary/aromatic N) is 4. The Hall–Kier alpha value is -4.69. The number of urea groups is 1. The molecule has 1 fully saturated rings. The third-order valence-electron chi connectivity index (χ3n) is 7.39. The van der Waals surface area contributed by atoms with E-state index in [-0.39, 0.29) is 53.2 Å². The quantitative estimate of drug-likeness (QED) is 0.169. The molecule has 1 N–H and O–H groups in total. The molecule has 0 radical (unpaired) electrons. The number of ether oxygens (including phenoxy) is 1. The molecule has 0 saturated carbocycles. The van der Waals surface area contributed by atoms with Crippen molar-refractivity contribution in [2.75, 3.05) is 23.0 Å². The van der Waals surface area contributed by atoms with Gasteiger partial charge in [-0.3, -0.25) is 19.4 Å². The smallest absolute Gasteiger partial charge is 0.406 e. The molecule has 262 valence electrons. The number of nitrogens with one attached hydrogen (secondary N) is 1. The van der Waals surface area contributed by atoms with E-state index in [1.54, 1.807) is 25.1 Å². The minimum Gasteiger partial charge on any atom is -0.406 e. The predicted molar refractivity (Wildman–Crippen MR) is 181 cm³/mol. The van der Waals surface area contributed by atoms with Gasteiger partial charge in [0, 0.05) is 30.7 Å². The first-order chi connectivity index (χ1) is 23.5. The van der Waals surface area contributed by atoms with Crippen molar-refractivity contribution >= 4 is 61.1 Å². The second-order valence-corrected chi connectivity index (χ2v) is 13.0. The first-order valence-corrected chi connectivity index (χ1v) is 16.4. The number of rotatable bonds is 10. The van der Waals surface area contributed by atoms with Crippen molar-refractivity contribution in [3.8, 4) is 5.75 Å². The lowest BCUT2D eigenvalue weighted by atomic mass is 10.0. The number of aryl methyl sites for hydroxylation is 2. The number of carbonyl (C=O) groups is 3. The summed E-state index contributed by atoms with van der Waals surface area (Å²) < 4.78 is 82.8. The molecule has 2 aliphatic rings. The molecule has 1 saturated heterocycles. The number of amides is 4. The van der Waals surface area contributed by atoms with E-state index >= 15 is 4.39 Å². The Kier molecular flexibility index (Phi) is 10.7. The van der Waals surface area contributed by atoms with Crippen LogP contribution in [0.3, 0.4) is 0 Å². The van der Waals surface area contributed by atoms with Crippen LogP contribution in [0.2, 0.25) is 0 Å². The lowest BCUT2D eigenvalue weighted by Crippen LogP contribution is -2.31. The Bertz CT molecular complexity index is 1930. The van der Waals surface area contributed by atoms with Crippen molar-refractivity contribution in [2.45, 2.75) is 38.2 Å². The molecule has 0 bridgehead atoms. The minimum absolute atomic E-state index is 0.00612. The Morgan fingerprint density at radius 3 is 2.42 bits per heavy atom. The van der Waals surface area contributed by atoms with E-state index in [0.29, 0.717) is 22.5 Å². The van der Waals surface area contributed by atoms with Crippen LogP contribution < -0.4 is 15.0 Å². The van der Waals surface area contributed by atoms with Crippen LogP contribution in [0.1, 0.15) is 39.9 Å². The van der Waals surface area contributed by atoms with Crippen molar-refractivity contribution in [2.24, 2.45) is 9.98 Å². The van der Waals surface area contributed by atoms with E-state index in [2.05, 4.69) is 20.0 Å². The first-order valence-electron chi connectivity index (χ1n) is 14.8. The van der Waals surface area contributed by atoms with Crippen molar-refractivity contribution in [3.63, 3.8) is 0 Å². The summed E-state index contributed by atoms with van der Waals surface area (Å²) in [6, 6.07) is 12.6. The molecule has 2 heterocycles. The summed E-state index contributed by atoms with van der Waals surface area (Å²) in [6.07, 6.45) is -3.31. The number of benzene rings is 3. The third-order valence-corrected chi connectivity index (χ3v) is 8.60. The molecule has 1 unspecified atom stereocenters. The van der Waals surface area contributed by atoms with Gasteiger partial charge in [-0.2, -0.15) is 4.99 Å². The first kappa shape index (κ1) is 36.6. The number of carbonyl (C=O) groups excluding carboxylic acids is 3. The average Bonchev–Trinajstić information content (AvgIpc) is 3.36. The number of halogens is 6. The van der Waals surface area contributed by atoms with Gasteiger partial charge < -0.3 is 10.1 Å².